The molecule has 1 aliphatic heterocycles. The van der Waals surface area contributed by atoms with E-state index in [4.69, 9.17) is 5.11 Å². The van der Waals surface area contributed by atoms with Crippen LogP contribution < -0.4 is 0 Å². The maximum atomic E-state index is 12.6. The molecule has 1 aromatic heterocycles. The van der Waals surface area contributed by atoms with E-state index in [1.54, 1.807) is 0 Å². The summed E-state index contributed by atoms with van der Waals surface area (Å²) in [5, 5.41) is 16.4. The lowest BCUT2D eigenvalue weighted by Crippen LogP contribution is -2.40. The highest BCUT2D eigenvalue weighted by Crippen LogP contribution is 2.52. The van der Waals surface area contributed by atoms with Crippen molar-refractivity contribution in [3.63, 3.8) is 0 Å². The van der Waals surface area contributed by atoms with E-state index in [-0.39, 0.29) is 23.7 Å². The summed E-state index contributed by atoms with van der Waals surface area (Å²) < 4.78 is 0. The maximum absolute atomic E-state index is 12.6. The number of carboxylic acid groups (broad SMARTS) is 1. The Morgan fingerprint density at radius 1 is 1.21 bits per heavy atom. The van der Waals surface area contributed by atoms with Crippen LogP contribution in [0.3, 0.4) is 0 Å². The van der Waals surface area contributed by atoms with Gasteiger partial charge in [-0.15, -0.1) is 0 Å². The normalized spacial score (nSPS) is 25.5. The third-order valence-electron chi connectivity index (χ3n) is 5.63. The number of aromatic nitrogens is 3. The van der Waals surface area contributed by atoms with Gasteiger partial charge in [0.05, 0.1) is 6.42 Å². The summed E-state index contributed by atoms with van der Waals surface area (Å²) in [4.78, 5) is 30.1. The molecule has 1 amide bonds. The highest BCUT2D eigenvalue weighted by atomic mass is 16.4. The molecule has 0 radical (unpaired) electrons. The number of H-pyrrole nitrogens is 1. The summed E-state index contributed by atoms with van der Waals surface area (Å²) in [5.74, 6) is 1.87. The third-order valence-corrected chi connectivity index (χ3v) is 5.63. The van der Waals surface area contributed by atoms with Crippen LogP contribution in [0.5, 0.6) is 0 Å². The maximum Gasteiger partial charge on any atom is 0.303 e. The Hall–Kier alpha value is -1.92. The van der Waals surface area contributed by atoms with Gasteiger partial charge in [-0.05, 0) is 43.9 Å². The summed E-state index contributed by atoms with van der Waals surface area (Å²) in [5.41, 5.74) is -0.278. The number of amides is 1. The number of piperidine rings is 1. The molecule has 24 heavy (non-hydrogen) atoms. The molecule has 4 rings (SSSR count). The highest BCUT2D eigenvalue weighted by molar-refractivity contribution is 5.79. The Balaban J connectivity index is 1.37. The smallest absolute Gasteiger partial charge is 0.303 e. The number of rotatable bonds is 6. The van der Waals surface area contributed by atoms with Crippen LogP contribution in [0, 0.1) is 5.41 Å². The predicted octanol–water partition coefficient (Wildman–Crippen LogP) is 2.03. The van der Waals surface area contributed by atoms with Gasteiger partial charge >= 0.3 is 5.97 Å². The fourth-order valence-corrected chi connectivity index (χ4v) is 3.77. The summed E-state index contributed by atoms with van der Waals surface area (Å²) in [6, 6.07) is 0. The zero-order valence-corrected chi connectivity index (χ0v) is 13.8. The molecule has 1 atom stereocenters. The molecular weight excluding hydrogens is 308 g/mol. The highest BCUT2D eigenvalue weighted by Gasteiger charge is 2.47. The van der Waals surface area contributed by atoms with Crippen LogP contribution in [-0.4, -0.2) is 50.2 Å². The van der Waals surface area contributed by atoms with Crippen LogP contribution >= 0.6 is 0 Å². The van der Waals surface area contributed by atoms with Crippen LogP contribution in [0.2, 0.25) is 0 Å². The van der Waals surface area contributed by atoms with E-state index < -0.39 is 5.97 Å². The number of hydrogen-bond acceptors (Lipinski definition) is 4. The molecule has 2 saturated carbocycles. The quantitative estimate of drug-likeness (QED) is 0.830. The van der Waals surface area contributed by atoms with Gasteiger partial charge in [0.25, 0.3) is 0 Å². The lowest BCUT2D eigenvalue weighted by molar-refractivity contribution is -0.139. The molecule has 2 aliphatic carbocycles. The van der Waals surface area contributed by atoms with Crippen molar-refractivity contribution in [1.29, 1.82) is 0 Å². The molecule has 7 heteroatoms. The van der Waals surface area contributed by atoms with Crippen LogP contribution in [0.25, 0.3) is 0 Å². The van der Waals surface area contributed by atoms with Crippen LogP contribution in [0.15, 0.2) is 0 Å². The van der Waals surface area contributed by atoms with Gasteiger partial charge in [0.2, 0.25) is 5.91 Å². The topological polar surface area (TPSA) is 99.2 Å². The summed E-state index contributed by atoms with van der Waals surface area (Å²) in [6.07, 6.45) is 6.53. The Morgan fingerprint density at radius 3 is 2.67 bits per heavy atom. The number of nitrogens with one attached hydrogen (secondary N) is 1. The van der Waals surface area contributed by atoms with Gasteiger partial charge in [0.1, 0.15) is 5.82 Å². The molecule has 3 fully saturated rings. The van der Waals surface area contributed by atoms with Crippen molar-refractivity contribution in [2.24, 2.45) is 5.41 Å². The van der Waals surface area contributed by atoms with Crippen LogP contribution in [0.1, 0.15) is 74.9 Å². The van der Waals surface area contributed by atoms with E-state index in [1.807, 2.05) is 4.90 Å². The lowest BCUT2D eigenvalue weighted by atomic mass is 9.94. The molecule has 130 valence electrons. The number of aliphatic carboxylic acids is 1. The number of aromatic amines is 1. The average molecular weight is 332 g/mol. The minimum absolute atomic E-state index is 0.0939. The Kier molecular flexibility index (Phi) is 3.81. The van der Waals surface area contributed by atoms with Gasteiger partial charge in [0, 0.05) is 31.3 Å². The number of carbonyl (C=O) groups excluding carboxylic acids is 1. The van der Waals surface area contributed by atoms with E-state index in [0.29, 0.717) is 18.9 Å². The first kappa shape index (κ1) is 15.6. The Labute approximate surface area is 140 Å². The average Bonchev–Trinajstić information content (AvgIpc) is 3.48. The Morgan fingerprint density at radius 2 is 2.00 bits per heavy atom. The molecule has 2 N–H and O–H groups in total. The van der Waals surface area contributed by atoms with E-state index in [0.717, 1.165) is 43.9 Å². The van der Waals surface area contributed by atoms with Crippen LogP contribution in [-0.2, 0) is 9.59 Å². The van der Waals surface area contributed by atoms with Crippen LogP contribution in [0.4, 0.5) is 0 Å². The number of nitrogens with zero attached hydrogens (tertiary/aromatic N) is 3. The van der Waals surface area contributed by atoms with Crippen molar-refractivity contribution in [3.8, 4) is 0 Å². The molecule has 1 unspecified atom stereocenters. The minimum Gasteiger partial charge on any atom is -0.481 e. The number of carbonyl (C=O) groups is 2. The fraction of sp³-hybridized carbons (Fsp3) is 0.765. The lowest BCUT2D eigenvalue weighted by Gasteiger charge is -2.32. The number of carboxylic acids is 1. The second kappa shape index (κ2) is 5.86. The summed E-state index contributed by atoms with van der Waals surface area (Å²) in [7, 11) is 0. The standard InChI is InChI=1S/C17H24N4O3/c22-13(8-17(5-6-17)9-14(23)24)21-7-1-2-12(10-21)16-18-15(19-20-16)11-3-4-11/h11-12H,1-10H2,(H,23,24)(H,18,19,20). The van der Waals surface area contributed by atoms with E-state index in [9.17, 15) is 9.59 Å². The van der Waals surface area contributed by atoms with Gasteiger partial charge in [-0.2, -0.15) is 5.10 Å². The first-order chi connectivity index (χ1) is 11.5. The largest absolute Gasteiger partial charge is 0.481 e. The van der Waals surface area contributed by atoms with Gasteiger partial charge in [-0.25, -0.2) is 4.98 Å². The molecule has 2 heterocycles. The molecule has 7 nitrogen and oxygen atoms in total. The monoisotopic (exact) mass is 332 g/mol. The summed E-state index contributed by atoms with van der Waals surface area (Å²) >= 11 is 0. The first-order valence-electron chi connectivity index (χ1n) is 8.96. The predicted molar refractivity (Wildman–Crippen MR) is 85.4 cm³/mol. The van der Waals surface area contributed by atoms with Crippen molar-refractivity contribution in [1.82, 2.24) is 20.1 Å². The van der Waals surface area contributed by atoms with Gasteiger partial charge < -0.3 is 10.0 Å². The zero-order chi connectivity index (χ0) is 16.7. The molecule has 1 saturated heterocycles. The molecule has 1 aromatic rings. The van der Waals surface area contributed by atoms with Crippen molar-refractivity contribution in [2.75, 3.05) is 13.1 Å². The third kappa shape index (κ3) is 3.30. The Bertz CT molecular complexity index is 648. The van der Waals surface area contributed by atoms with E-state index in [2.05, 4.69) is 15.2 Å². The molecule has 0 bridgehead atoms. The van der Waals surface area contributed by atoms with E-state index in [1.165, 1.54) is 12.8 Å². The minimum atomic E-state index is -0.801. The number of likely N-dealkylation sites (tertiary alicyclic amines) is 1. The second-order valence-corrected chi connectivity index (χ2v) is 7.78. The van der Waals surface area contributed by atoms with Crippen molar-refractivity contribution in [3.05, 3.63) is 11.6 Å². The number of hydrogen-bond donors (Lipinski definition) is 2. The first-order valence-corrected chi connectivity index (χ1v) is 8.96. The second-order valence-electron chi connectivity index (χ2n) is 7.78. The van der Waals surface area contributed by atoms with Crippen molar-refractivity contribution in [2.45, 2.75) is 63.2 Å². The SMILES string of the molecule is O=C(O)CC1(CC(=O)N2CCCC(c3n[nH]c(C4CC4)n3)C2)CC1. The van der Waals surface area contributed by atoms with Crippen molar-refractivity contribution >= 4 is 11.9 Å². The van der Waals surface area contributed by atoms with Gasteiger partial charge in [-0.1, -0.05) is 0 Å². The molecule has 0 spiro atoms. The molecule has 0 aromatic carbocycles. The molecule has 3 aliphatic rings. The van der Waals surface area contributed by atoms with Crippen molar-refractivity contribution < 1.29 is 14.7 Å². The molecular formula is C17H24N4O3. The van der Waals surface area contributed by atoms with E-state index >= 15 is 0 Å². The van der Waals surface area contributed by atoms with Gasteiger partial charge in [-0.3, -0.25) is 14.7 Å². The fourth-order valence-electron chi connectivity index (χ4n) is 3.77. The van der Waals surface area contributed by atoms with Gasteiger partial charge in [0.15, 0.2) is 5.82 Å². The zero-order valence-electron chi connectivity index (χ0n) is 13.8. The summed E-state index contributed by atoms with van der Waals surface area (Å²) in [6.45, 7) is 1.42.